The lowest BCUT2D eigenvalue weighted by molar-refractivity contribution is -0.151. The molecule has 7 N–H and O–H groups in total. The van der Waals surface area contributed by atoms with E-state index in [1.54, 1.807) is 74.5 Å². The van der Waals surface area contributed by atoms with Crippen molar-refractivity contribution in [2.24, 2.45) is 29.6 Å². The summed E-state index contributed by atoms with van der Waals surface area (Å²) in [5.41, 5.74) is 5.41. The summed E-state index contributed by atoms with van der Waals surface area (Å²) < 4.78 is 5.85. The summed E-state index contributed by atoms with van der Waals surface area (Å²) in [4.78, 5) is 236. The van der Waals surface area contributed by atoms with E-state index in [9.17, 15) is 72.2 Å². The third-order valence-electron chi connectivity index (χ3n) is 23.3. The Hall–Kier alpha value is -11.8. The van der Waals surface area contributed by atoms with Crippen LogP contribution in [-0.2, 0) is 89.5 Å². The number of carbonyl (C=O) groups excluding carboxylic acids is 15. The van der Waals surface area contributed by atoms with Crippen LogP contribution in [0.4, 0.5) is 4.79 Å². The van der Waals surface area contributed by atoms with Gasteiger partial charge in [-0.1, -0.05) is 178 Å². The molecule has 33 heteroatoms. The van der Waals surface area contributed by atoms with Crippen molar-refractivity contribution in [2.75, 3.05) is 83.1 Å². The lowest BCUT2D eigenvalue weighted by Gasteiger charge is -2.36. The second-order valence-corrected chi connectivity index (χ2v) is 35.4. The predicted molar refractivity (Wildman–Crippen MR) is 477 cm³/mol. The molecule has 4 aromatic carbocycles. The number of likely N-dealkylation sites (N-methyl/N-ethyl adjacent to an activating group) is 9. The number of nitrogens with one attached hydrogen (secondary N) is 6. The number of carbonyl (C=O) groups is 16. The molecule has 13 atom stereocenters. The number of amides is 15. The highest BCUT2D eigenvalue weighted by atomic mass is 16.6. The summed E-state index contributed by atoms with van der Waals surface area (Å²) in [5.74, 6) is -12.4. The van der Waals surface area contributed by atoms with Gasteiger partial charge in [-0.25, -0.2) is 4.79 Å². The first kappa shape index (κ1) is 105. The molecule has 0 spiro atoms. The summed E-state index contributed by atoms with van der Waals surface area (Å²) in [7, 11) is 12.4. The number of fused-ring (bicyclic) bond motifs is 3. The van der Waals surface area contributed by atoms with Gasteiger partial charge < -0.3 is 80.9 Å². The molecular formula is C93H137N15O18. The van der Waals surface area contributed by atoms with Gasteiger partial charge in [-0.2, -0.15) is 0 Å². The van der Waals surface area contributed by atoms with Crippen LogP contribution in [0.15, 0.2) is 109 Å². The smallest absolute Gasteiger partial charge is 0.410 e. The van der Waals surface area contributed by atoms with Crippen molar-refractivity contribution in [2.45, 2.75) is 234 Å². The van der Waals surface area contributed by atoms with Crippen LogP contribution in [-0.4, -0.2) is 306 Å². The predicted octanol–water partition coefficient (Wildman–Crippen LogP) is 5.55. The molecule has 33 nitrogen and oxygen atoms in total. The second-order valence-electron chi connectivity index (χ2n) is 35.4. The van der Waals surface area contributed by atoms with Gasteiger partial charge in [0.1, 0.15) is 91.7 Å². The topological polar surface area (TPSA) is 404 Å². The fourth-order valence-corrected chi connectivity index (χ4v) is 15.3. The standard InChI is InChI=1S/C93H137N15O18/c1-53(2)44-71(99-82(114)63(16)103(20)93(125)126-52-70-68-42-34-32-40-66(68)67-41-33-35-43-69(67)70)89(121)106(23)74(47-56(7)8)85(117)96-59(12)87(119)105(22)75(48-64-36-28-26-29-37-64)83(115)94-50-77(109)101(18)61(14)81(113)98-72(45-54(3)4)90(122)107(24)76(49-65-38-30-27-31-39-65)91(123)102(19)62(15)80(112)95-58(11)86(118)104(21)73(46-55(5)6)84(116)97-60(13)88(120)108(25)79(57(9)10)92(124)100(17)51-78(110)111/h26-43,53-63,70-76,79H,44-52H2,1-25H3,(H,94,115)(H,95,112)(H,96,117)(H,97,116)(H,98,113)(H,99,114)(H,110,111)/t58-,59-,60-,61-,62-,63-,71-,72-,73-,74-,75-,76-,79-/m0/s1. The van der Waals surface area contributed by atoms with Gasteiger partial charge in [0.05, 0.1) is 6.54 Å². The summed E-state index contributed by atoms with van der Waals surface area (Å²) in [6.45, 7) is 25.5. The molecule has 0 saturated heterocycles. The maximum absolute atomic E-state index is 15.0. The fourth-order valence-electron chi connectivity index (χ4n) is 15.3. The van der Waals surface area contributed by atoms with Crippen molar-refractivity contribution in [3.8, 4) is 11.1 Å². The summed E-state index contributed by atoms with van der Waals surface area (Å²) in [6.07, 6.45) is -0.381. The largest absolute Gasteiger partial charge is 0.480 e. The molecule has 0 saturated carbocycles. The Kier molecular flexibility index (Phi) is 40.0. The van der Waals surface area contributed by atoms with E-state index in [0.717, 1.165) is 56.6 Å². The van der Waals surface area contributed by atoms with Gasteiger partial charge in [0.15, 0.2) is 0 Å². The number of hydrogen-bond acceptors (Lipinski definition) is 17. The minimum Gasteiger partial charge on any atom is -0.480 e. The van der Waals surface area contributed by atoms with E-state index < -0.39 is 192 Å². The van der Waals surface area contributed by atoms with Crippen molar-refractivity contribution >= 4 is 94.8 Å². The van der Waals surface area contributed by atoms with E-state index in [1.165, 1.54) is 115 Å². The number of benzene rings is 4. The van der Waals surface area contributed by atoms with Crippen LogP contribution >= 0.6 is 0 Å². The monoisotopic (exact) mass is 1750 g/mol. The lowest BCUT2D eigenvalue weighted by Crippen LogP contribution is -2.60. The molecule has 126 heavy (non-hydrogen) atoms. The first-order valence-electron chi connectivity index (χ1n) is 43.2. The van der Waals surface area contributed by atoms with Gasteiger partial charge in [-0.05, 0) is 130 Å². The number of ether oxygens (including phenoxy) is 1. The zero-order valence-corrected chi connectivity index (χ0v) is 78.1. The van der Waals surface area contributed by atoms with Crippen LogP contribution < -0.4 is 31.9 Å². The summed E-state index contributed by atoms with van der Waals surface area (Å²) >= 11 is 0. The van der Waals surface area contributed by atoms with Crippen molar-refractivity contribution in [3.05, 3.63) is 131 Å². The van der Waals surface area contributed by atoms with E-state index in [2.05, 4.69) is 31.9 Å². The van der Waals surface area contributed by atoms with E-state index in [0.29, 0.717) is 11.1 Å². The molecule has 0 bridgehead atoms. The fraction of sp³-hybridized carbons (Fsp3) is 0.570. The molecule has 5 rings (SSSR count). The van der Waals surface area contributed by atoms with Gasteiger partial charge in [0, 0.05) is 82.2 Å². The molecule has 0 heterocycles. The van der Waals surface area contributed by atoms with E-state index >= 15 is 9.59 Å². The molecule has 4 aromatic rings. The van der Waals surface area contributed by atoms with Gasteiger partial charge in [0.2, 0.25) is 82.7 Å². The average Bonchev–Trinajstić information content (AvgIpc) is 1.62. The number of carboxylic acids is 1. The third-order valence-corrected chi connectivity index (χ3v) is 23.3. The Labute approximate surface area is 742 Å². The Morgan fingerprint density at radius 2 is 0.698 bits per heavy atom. The van der Waals surface area contributed by atoms with Crippen LogP contribution in [0.3, 0.4) is 0 Å². The van der Waals surface area contributed by atoms with Gasteiger partial charge in [0.25, 0.3) is 0 Å². The molecule has 0 aliphatic heterocycles. The Morgan fingerprint density at radius 1 is 0.349 bits per heavy atom. The molecule has 692 valence electrons. The summed E-state index contributed by atoms with van der Waals surface area (Å²) in [5, 5.41) is 25.7. The Balaban J connectivity index is 1.25. The molecule has 0 aromatic heterocycles. The van der Waals surface area contributed by atoms with E-state index in [4.69, 9.17) is 4.74 Å². The van der Waals surface area contributed by atoms with Crippen LogP contribution in [0.25, 0.3) is 11.1 Å². The Morgan fingerprint density at radius 3 is 1.11 bits per heavy atom. The van der Waals surface area contributed by atoms with Crippen molar-refractivity contribution < 1.29 is 86.6 Å². The quantitative estimate of drug-likeness (QED) is 0.0285. The number of aliphatic carboxylic acids is 1. The number of hydrogen-bond donors (Lipinski definition) is 7. The number of rotatable bonds is 45. The minimum absolute atomic E-state index is 0.0209. The maximum Gasteiger partial charge on any atom is 0.410 e. The highest BCUT2D eigenvalue weighted by Gasteiger charge is 2.43. The van der Waals surface area contributed by atoms with E-state index in [1.807, 2.05) is 104 Å². The number of nitrogens with zero attached hydrogens (tertiary/aromatic N) is 9. The van der Waals surface area contributed by atoms with Crippen molar-refractivity contribution in [1.29, 1.82) is 0 Å². The first-order valence-corrected chi connectivity index (χ1v) is 43.2. The molecule has 1 aliphatic carbocycles. The van der Waals surface area contributed by atoms with Crippen molar-refractivity contribution in [3.63, 3.8) is 0 Å². The molecule has 1 aliphatic rings. The van der Waals surface area contributed by atoms with Crippen LogP contribution in [0.2, 0.25) is 0 Å². The van der Waals surface area contributed by atoms with Gasteiger partial charge >= 0.3 is 12.1 Å². The zero-order valence-electron chi connectivity index (χ0n) is 78.1. The van der Waals surface area contributed by atoms with Gasteiger partial charge in [-0.15, -0.1) is 0 Å². The van der Waals surface area contributed by atoms with Crippen LogP contribution in [0.1, 0.15) is 165 Å². The third kappa shape index (κ3) is 28.6. The zero-order chi connectivity index (χ0) is 94.9. The molecule has 0 fully saturated rings. The number of carboxylic acid groups (broad SMARTS) is 1. The molecule has 15 amide bonds. The molecule has 0 unspecified atom stereocenters. The molecular weight excluding hydrogens is 1620 g/mol. The molecule has 0 radical (unpaired) electrons. The van der Waals surface area contributed by atoms with Crippen molar-refractivity contribution in [1.82, 2.24) is 76.0 Å². The average molecular weight is 1750 g/mol. The highest BCUT2D eigenvalue weighted by molar-refractivity contribution is 6.00. The summed E-state index contributed by atoms with van der Waals surface area (Å²) in [6, 6.07) is 17.5. The highest BCUT2D eigenvalue weighted by Crippen LogP contribution is 2.44. The normalized spacial score (nSPS) is 14.8. The van der Waals surface area contributed by atoms with Crippen LogP contribution in [0, 0.1) is 29.6 Å². The van der Waals surface area contributed by atoms with Gasteiger partial charge in [-0.3, -0.25) is 76.8 Å². The first-order chi connectivity index (χ1) is 58.9. The maximum atomic E-state index is 15.0. The van der Waals surface area contributed by atoms with E-state index in [-0.39, 0.29) is 74.7 Å². The minimum atomic E-state index is -1.30. The lowest BCUT2D eigenvalue weighted by atomic mass is 9.98. The van der Waals surface area contributed by atoms with Crippen LogP contribution in [0.5, 0.6) is 0 Å². The SMILES string of the molecule is CC(C)C[C@H](NC(=O)[C@H](C)N(C)C(=O)OCC1c2ccccc2-c2ccccc21)C(=O)N(C)[C@@H](CC(C)C)C(=O)N[C@@H](C)C(=O)N(C)[C@@H](Cc1ccccc1)C(=O)NCC(=O)N(C)[C@@H](C)C(=O)N[C@@H](CC(C)C)C(=O)N(C)[C@@H](Cc1ccccc1)C(=O)N(C)[C@@H](C)C(=O)N[C@@H](C)C(=O)N(C)[C@@H](CC(C)C)C(=O)N[C@@H](C)C(=O)N(C)[C@H](C(=O)N(C)CC(=O)O)C(C)C. The Bertz CT molecular complexity index is 4420. The second kappa shape index (κ2) is 48.1.